The maximum Gasteiger partial charge on any atom is 0.133 e. The van der Waals surface area contributed by atoms with Crippen molar-refractivity contribution in [3.8, 4) is 5.75 Å². The van der Waals surface area contributed by atoms with Crippen LogP contribution in [0, 0.1) is 17.3 Å². The van der Waals surface area contributed by atoms with Gasteiger partial charge < -0.3 is 5.11 Å². The molecule has 0 radical (unpaired) electrons. The van der Waals surface area contributed by atoms with Crippen LogP contribution in [0.3, 0.4) is 0 Å². The molecular weight excluding hydrogens is 312 g/mol. The zero-order valence-electron chi connectivity index (χ0n) is 16.0. The van der Waals surface area contributed by atoms with E-state index in [1.54, 1.807) is 0 Å². The molecule has 4 rings (SSSR count). The SMILES string of the molecule is CC(C)CC[C@H]1CC2(C[C@@H]3c4ccc(O)cc4CC[C@@]13C)OOC2C. The quantitative estimate of drug-likeness (QED) is 0.750. The highest BCUT2D eigenvalue weighted by Gasteiger charge is 2.61. The zero-order chi connectivity index (χ0) is 17.8. The van der Waals surface area contributed by atoms with Crippen molar-refractivity contribution in [1.82, 2.24) is 0 Å². The van der Waals surface area contributed by atoms with Crippen molar-refractivity contribution in [2.75, 3.05) is 0 Å². The molecule has 1 aromatic rings. The highest BCUT2D eigenvalue weighted by Crippen LogP contribution is 2.63. The largest absolute Gasteiger partial charge is 0.508 e. The van der Waals surface area contributed by atoms with Crippen LogP contribution >= 0.6 is 0 Å². The summed E-state index contributed by atoms with van der Waals surface area (Å²) in [5, 5.41) is 9.90. The van der Waals surface area contributed by atoms with E-state index in [4.69, 9.17) is 9.78 Å². The Bertz CT molecular complexity index is 655. The normalized spacial score (nSPS) is 39.8. The lowest BCUT2D eigenvalue weighted by Gasteiger charge is -2.60. The van der Waals surface area contributed by atoms with Gasteiger partial charge >= 0.3 is 0 Å². The number of phenolic OH excluding ortho intramolecular Hbond substituents is 1. The van der Waals surface area contributed by atoms with E-state index in [0.29, 0.717) is 23.0 Å². The van der Waals surface area contributed by atoms with Gasteiger partial charge in [-0.25, -0.2) is 9.78 Å². The molecule has 3 heteroatoms. The van der Waals surface area contributed by atoms with Crippen LogP contribution in [0.4, 0.5) is 0 Å². The molecule has 3 aliphatic rings. The first-order valence-electron chi connectivity index (χ1n) is 10.0. The van der Waals surface area contributed by atoms with Crippen molar-refractivity contribution in [2.24, 2.45) is 17.3 Å². The smallest absolute Gasteiger partial charge is 0.133 e. The van der Waals surface area contributed by atoms with Gasteiger partial charge in [-0.1, -0.05) is 33.3 Å². The molecule has 2 unspecified atom stereocenters. The molecule has 1 aromatic carbocycles. The minimum Gasteiger partial charge on any atom is -0.508 e. The van der Waals surface area contributed by atoms with Crippen LogP contribution in [0.1, 0.15) is 76.8 Å². The van der Waals surface area contributed by atoms with E-state index in [0.717, 1.165) is 25.2 Å². The molecule has 1 heterocycles. The van der Waals surface area contributed by atoms with Gasteiger partial charge in [-0.3, -0.25) is 0 Å². The van der Waals surface area contributed by atoms with Crippen molar-refractivity contribution in [3.05, 3.63) is 29.3 Å². The molecule has 2 fully saturated rings. The lowest BCUT2D eigenvalue weighted by atomic mass is 9.49. The third-order valence-electron chi connectivity index (χ3n) is 7.50. The lowest BCUT2D eigenvalue weighted by molar-refractivity contribution is -0.516. The van der Waals surface area contributed by atoms with Gasteiger partial charge in [0.2, 0.25) is 0 Å². The maximum atomic E-state index is 9.90. The fourth-order valence-corrected chi connectivity index (χ4v) is 5.64. The molecule has 1 aliphatic heterocycles. The third-order valence-corrected chi connectivity index (χ3v) is 7.50. The van der Waals surface area contributed by atoms with Crippen LogP contribution in [0.2, 0.25) is 0 Å². The standard InChI is InChI=1S/C22H32O3/c1-14(2)5-6-17-12-22(15(3)24-25-22)13-20-19-8-7-18(23)11-16(19)9-10-21(17,20)4/h7-8,11,14-15,17,20,23H,5-6,9-10,12-13H2,1-4H3/t15?,17-,20+,21-,22?/m0/s1. The zero-order valence-corrected chi connectivity index (χ0v) is 16.0. The molecule has 0 amide bonds. The second-order valence-electron chi connectivity index (χ2n) is 9.40. The van der Waals surface area contributed by atoms with Gasteiger partial charge in [0.1, 0.15) is 17.5 Å². The van der Waals surface area contributed by atoms with E-state index < -0.39 is 0 Å². The molecule has 1 N–H and O–H groups in total. The molecule has 0 aromatic heterocycles. The van der Waals surface area contributed by atoms with E-state index >= 15 is 0 Å². The fraction of sp³-hybridized carbons (Fsp3) is 0.727. The topological polar surface area (TPSA) is 38.7 Å². The number of fused-ring (bicyclic) bond motifs is 3. The molecule has 1 spiro atoms. The van der Waals surface area contributed by atoms with Crippen LogP contribution in [-0.4, -0.2) is 16.8 Å². The van der Waals surface area contributed by atoms with Crippen molar-refractivity contribution in [1.29, 1.82) is 0 Å². The van der Waals surface area contributed by atoms with Crippen LogP contribution in [0.25, 0.3) is 0 Å². The van der Waals surface area contributed by atoms with Gasteiger partial charge in [-0.2, -0.15) is 0 Å². The Balaban J connectivity index is 1.71. The molecule has 0 bridgehead atoms. The molecule has 2 aliphatic carbocycles. The number of aryl methyl sites for hydroxylation is 1. The summed E-state index contributed by atoms with van der Waals surface area (Å²) in [4.78, 5) is 11.2. The van der Waals surface area contributed by atoms with Crippen molar-refractivity contribution >= 4 is 0 Å². The molecule has 138 valence electrons. The third kappa shape index (κ3) is 2.71. The average Bonchev–Trinajstić information content (AvgIpc) is 2.58. The Morgan fingerprint density at radius 3 is 2.72 bits per heavy atom. The van der Waals surface area contributed by atoms with Gasteiger partial charge in [0.15, 0.2) is 0 Å². The fourth-order valence-electron chi connectivity index (χ4n) is 5.64. The summed E-state index contributed by atoms with van der Waals surface area (Å²) >= 11 is 0. The monoisotopic (exact) mass is 344 g/mol. The van der Waals surface area contributed by atoms with E-state index in [1.807, 2.05) is 12.1 Å². The van der Waals surface area contributed by atoms with Gasteiger partial charge in [0.05, 0.1) is 0 Å². The van der Waals surface area contributed by atoms with Gasteiger partial charge in [0, 0.05) is 0 Å². The molecule has 1 saturated heterocycles. The van der Waals surface area contributed by atoms with Gasteiger partial charge in [-0.15, -0.1) is 0 Å². The number of phenols is 1. The summed E-state index contributed by atoms with van der Waals surface area (Å²) in [6.45, 7) is 9.31. The first-order chi connectivity index (χ1) is 11.8. The predicted octanol–water partition coefficient (Wildman–Crippen LogP) is 5.36. The average molecular weight is 344 g/mol. The summed E-state index contributed by atoms with van der Waals surface area (Å²) in [5.41, 5.74) is 2.97. The first kappa shape index (κ1) is 17.4. The van der Waals surface area contributed by atoms with E-state index in [9.17, 15) is 5.11 Å². The minimum atomic E-state index is -0.113. The number of hydrogen-bond donors (Lipinski definition) is 1. The number of aromatic hydroxyl groups is 1. The molecule has 5 atom stereocenters. The summed E-state index contributed by atoms with van der Waals surface area (Å²) in [6.07, 6.45) is 7.19. The maximum absolute atomic E-state index is 9.90. The number of hydrogen-bond acceptors (Lipinski definition) is 3. The minimum absolute atomic E-state index is 0.113. The van der Waals surface area contributed by atoms with Gasteiger partial charge in [0.25, 0.3) is 0 Å². The van der Waals surface area contributed by atoms with E-state index in [-0.39, 0.29) is 11.7 Å². The molecule has 25 heavy (non-hydrogen) atoms. The molecular formula is C22H32O3. The Kier molecular flexibility index (Phi) is 4.16. The molecule has 3 nitrogen and oxygen atoms in total. The number of benzene rings is 1. The Morgan fingerprint density at radius 1 is 1.28 bits per heavy atom. The van der Waals surface area contributed by atoms with E-state index in [1.165, 1.54) is 30.4 Å². The van der Waals surface area contributed by atoms with Crippen molar-refractivity contribution in [3.63, 3.8) is 0 Å². The second-order valence-corrected chi connectivity index (χ2v) is 9.40. The second kappa shape index (κ2) is 5.99. The Hall–Kier alpha value is -1.06. The Morgan fingerprint density at radius 2 is 2.08 bits per heavy atom. The summed E-state index contributed by atoms with van der Waals surface area (Å²) < 4.78 is 0. The van der Waals surface area contributed by atoms with Crippen molar-refractivity contribution < 1.29 is 14.9 Å². The van der Waals surface area contributed by atoms with Crippen molar-refractivity contribution in [2.45, 2.75) is 83.8 Å². The van der Waals surface area contributed by atoms with Crippen LogP contribution < -0.4 is 0 Å². The van der Waals surface area contributed by atoms with Crippen LogP contribution in [0.5, 0.6) is 5.75 Å². The van der Waals surface area contributed by atoms with Crippen LogP contribution in [0.15, 0.2) is 18.2 Å². The van der Waals surface area contributed by atoms with E-state index in [2.05, 4.69) is 33.8 Å². The summed E-state index contributed by atoms with van der Waals surface area (Å²) in [6, 6.07) is 5.99. The predicted molar refractivity (Wildman–Crippen MR) is 98.4 cm³/mol. The Labute approximate surface area is 151 Å². The van der Waals surface area contributed by atoms with Gasteiger partial charge in [-0.05, 0) is 85.5 Å². The first-order valence-corrected chi connectivity index (χ1v) is 10.0. The lowest BCUT2D eigenvalue weighted by Crippen LogP contribution is -2.62. The molecule has 1 saturated carbocycles. The number of rotatable bonds is 3. The highest BCUT2D eigenvalue weighted by molar-refractivity contribution is 5.41. The summed E-state index contributed by atoms with van der Waals surface area (Å²) in [7, 11) is 0. The highest BCUT2D eigenvalue weighted by atomic mass is 17.3. The summed E-state index contributed by atoms with van der Waals surface area (Å²) in [5.74, 6) is 2.29. The van der Waals surface area contributed by atoms with Crippen LogP contribution in [-0.2, 0) is 16.2 Å².